The van der Waals surface area contributed by atoms with Gasteiger partial charge in [0.1, 0.15) is 18.4 Å². The molecule has 3 aliphatic rings. The Morgan fingerprint density at radius 1 is 1.00 bits per heavy atom. The first kappa shape index (κ1) is 25.6. The van der Waals surface area contributed by atoms with Crippen LogP contribution in [0.2, 0.25) is 0 Å². The zero-order valence-electron chi connectivity index (χ0n) is 22.1. The van der Waals surface area contributed by atoms with E-state index < -0.39 is 18.0 Å². The quantitative estimate of drug-likeness (QED) is 0.433. The van der Waals surface area contributed by atoms with E-state index in [4.69, 9.17) is 9.47 Å². The van der Waals surface area contributed by atoms with Crippen LogP contribution in [0.5, 0.6) is 5.75 Å². The molecule has 1 saturated carbocycles. The summed E-state index contributed by atoms with van der Waals surface area (Å²) in [6, 6.07) is 21.1. The lowest BCUT2D eigenvalue weighted by atomic mass is 9.88. The van der Waals surface area contributed by atoms with Gasteiger partial charge in [-0.25, -0.2) is 4.79 Å². The molecule has 9 heteroatoms. The number of hydrogen-bond acceptors (Lipinski definition) is 6. The number of nitrogens with zero attached hydrogens (tertiary/aromatic N) is 1. The summed E-state index contributed by atoms with van der Waals surface area (Å²) in [5.41, 5.74) is 4.78. The van der Waals surface area contributed by atoms with Gasteiger partial charge < -0.3 is 14.4 Å². The second-order valence-electron chi connectivity index (χ2n) is 10.4. The topological polar surface area (TPSA) is 114 Å². The SMILES string of the molecule is COc1c(COC(=O)Nc2ccc(C3(c4ccccc4)CC3)cc2)ccc2c1C(=O)N(C1CCC(=O)NC1=O)C2. The van der Waals surface area contributed by atoms with E-state index in [0.29, 0.717) is 28.1 Å². The van der Waals surface area contributed by atoms with Crippen molar-refractivity contribution in [3.63, 3.8) is 0 Å². The Hall–Kier alpha value is -4.66. The van der Waals surface area contributed by atoms with Crippen molar-refractivity contribution in [3.05, 3.63) is 94.5 Å². The van der Waals surface area contributed by atoms with Crippen LogP contribution in [-0.2, 0) is 32.9 Å². The zero-order valence-corrected chi connectivity index (χ0v) is 22.1. The van der Waals surface area contributed by atoms with Gasteiger partial charge in [-0.1, -0.05) is 54.6 Å². The summed E-state index contributed by atoms with van der Waals surface area (Å²) in [6.07, 6.45) is 2.02. The predicted molar refractivity (Wildman–Crippen MR) is 146 cm³/mol. The minimum absolute atomic E-state index is 0.0512. The third-order valence-electron chi connectivity index (χ3n) is 8.05. The van der Waals surface area contributed by atoms with Gasteiger partial charge in [0, 0.05) is 29.6 Å². The fourth-order valence-electron chi connectivity index (χ4n) is 5.81. The second kappa shape index (κ2) is 10.1. The van der Waals surface area contributed by atoms with E-state index >= 15 is 0 Å². The average molecular weight is 540 g/mol. The number of ether oxygens (including phenoxy) is 2. The maximum absolute atomic E-state index is 13.3. The number of carbonyl (C=O) groups is 4. The van der Waals surface area contributed by atoms with Crippen LogP contribution in [0.15, 0.2) is 66.7 Å². The monoisotopic (exact) mass is 539 g/mol. The Balaban J connectivity index is 1.10. The van der Waals surface area contributed by atoms with Crippen LogP contribution in [0.1, 0.15) is 58.3 Å². The minimum Gasteiger partial charge on any atom is -0.495 e. The van der Waals surface area contributed by atoms with Gasteiger partial charge in [0.05, 0.1) is 12.7 Å². The first-order valence-corrected chi connectivity index (χ1v) is 13.3. The molecule has 0 radical (unpaired) electrons. The number of benzene rings is 3. The van der Waals surface area contributed by atoms with Crippen molar-refractivity contribution in [2.24, 2.45) is 0 Å². The molecule has 3 aromatic carbocycles. The van der Waals surface area contributed by atoms with Gasteiger partial charge in [0.2, 0.25) is 11.8 Å². The number of nitrogens with one attached hydrogen (secondary N) is 2. The summed E-state index contributed by atoms with van der Waals surface area (Å²) in [6.45, 7) is 0.128. The lowest BCUT2D eigenvalue weighted by Crippen LogP contribution is -2.52. The molecular formula is C31H29N3O6. The summed E-state index contributed by atoms with van der Waals surface area (Å²) in [5.74, 6) is -0.852. The van der Waals surface area contributed by atoms with Gasteiger partial charge >= 0.3 is 6.09 Å². The number of carbonyl (C=O) groups excluding carboxylic acids is 4. The predicted octanol–water partition coefficient (Wildman–Crippen LogP) is 4.28. The van der Waals surface area contributed by atoms with Crippen LogP contribution >= 0.6 is 0 Å². The highest BCUT2D eigenvalue weighted by molar-refractivity contribution is 6.06. The van der Waals surface area contributed by atoms with E-state index in [-0.39, 0.29) is 43.2 Å². The Morgan fingerprint density at radius 2 is 1.73 bits per heavy atom. The fraction of sp³-hybridized carbons (Fsp3) is 0.290. The van der Waals surface area contributed by atoms with Gasteiger partial charge in [0.15, 0.2) is 0 Å². The summed E-state index contributed by atoms with van der Waals surface area (Å²) >= 11 is 0. The molecule has 204 valence electrons. The van der Waals surface area contributed by atoms with Crippen molar-refractivity contribution >= 4 is 29.5 Å². The van der Waals surface area contributed by atoms with E-state index in [2.05, 4.69) is 34.9 Å². The minimum atomic E-state index is -0.721. The van der Waals surface area contributed by atoms with Crippen molar-refractivity contribution < 1.29 is 28.7 Å². The number of methoxy groups -OCH3 is 1. The first-order valence-electron chi connectivity index (χ1n) is 13.3. The Bertz CT molecular complexity index is 1500. The van der Waals surface area contributed by atoms with Crippen LogP contribution < -0.4 is 15.4 Å². The van der Waals surface area contributed by atoms with Crippen molar-refractivity contribution in [2.75, 3.05) is 12.4 Å². The summed E-state index contributed by atoms with van der Waals surface area (Å²) in [7, 11) is 1.45. The van der Waals surface area contributed by atoms with Crippen LogP contribution in [0.4, 0.5) is 10.5 Å². The third-order valence-corrected chi connectivity index (χ3v) is 8.05. The number of fused-ring (bicyclic) bond motifs is 1. The molecule has 3 aromatic rings. The van der Waals surface area contributed by atoms with Gasteiger partial charge in [-0.2, -0.15) is 0 Å². The van der Waals surface area contributed by atoms with E-state index in [1.165, 1.54) is 23.1 Å². The second-order valence-corrected chi connectivity index (χ2v) is 10.4. The summed E-state index contributed by atoms with van der Waals surface area (Å²) in [5, 5.41) is 5.06. The van der Waals surface area contributed by atoms with Crippen molar-refractivity contribution in [3.8, 4) is 5.75 Å². The normalized spacial score (nSPS) is 19.1. The zero-order chi connectivity index (χ0) is 27.9. The Labute approximate surface area is 231 Å². The molecule has 6 rings (SSSR count). The van der Waals surface area contributed by atoms with E-state index in [9.17, 15) is 19.2 Å². The summed E-state index contributed by atoms with van der Waals surface area (Å²) < 4.78 is 11.0. The number of anilines is 1. The van der Waals surface area contributed by atoms with Crippen molar-refractivity contribution in [1.29, 1.82) is 0 Å². The molecule has 0 spiro atoms. The van der Waals surface area contributed by atoms with E-state index in [1.807, 2.05) is 30.3 Å². The molecule has 9 nitrogen and oxygen atoms in total. The lowest BCUT2D eigenvalue weighted by molar-refractivity contribution is -0.136. The highest BCUT2D eigenvalue weighted by atomic mass is 16.5. The summed E-state index contributed by atoms with van der Waals surface area (Å²) in [4.78, 5) is 51.2. The van der Waals surface area contributed by atoms with Crippen LogP contribution in [0.25, 0.3) is 0 Å². The smallest absolute Gasteiger partial charge is 0.411 e. The molecule has 2 N–H and O–H groups in total. The fourth-order valence-corrected chi connectivity index (χ4v) is 5.81. The maximum atomic E-state index is 13.3. The number of imide groups is 1. The Morgan fingerprint density at radius 3 is 2.40 bits per heavy atom. The highest BCUT2D eigenvalue weighted by Gasteiger charge is 2.45. The molecule has 0 aromatic heterocycles. The number of amides is 4. The van der Waals surface area contributed by atoms with Crippen LogP contribution in [0.3, 0.4) is 0 Å². The van der Waals surface area contributed by atoms with Gasteiger partial charge in [-0.3, -0.25) is 25.0 Å². The largest absolute Gasteiger partial charge is 0.495 e. The molecule has 2 aliphatic heterocycles. The molecule has 0 bridgehead atoms. The Kier molecular flexibility index (Phi) is 6.50. The van der Waals surface area contributed by atoms with Crippen LogP contribution in [0, 0.1) is 0 Å². The van der Waals surface area contributed by atoms with E-state index in [0.717, 1.165) is 12.8 Å². The molecule has 1 aliphatic carbocycles. The number of hydrogen-bond donors (Lipinski definition) is 2. The third kappa shape index (κ3) is 4.57. The highest BCUT2D eigenvalue weighted by Crippen LogP contribution is 2.53. The molecule has 1 atom stereocenters. The van der Waals surface area contributed by atoms with Gasteiger partial charge in [-0.05, 0) is 48.1 Å². The van der Waals surface area contributed by atoms with Crippen molar-refractivity contribution in [2.45, 2.75) is 50.3 Å². The average Bonchev–Trinajstić information content (AvgIpc) is 3.71. The molecule has 1 unspecified atom stereocenters. The number of rotatable bonds is 7. The lowest BCUT2D eigenvalue weighted by Gasteiger charge is -2.29. The molecule has 40 heavy (non-hydrogen) atoms. The number of piperidine rings is 1. The van der Waals surface area contributed by atoms with E-state index in [1.54, 1.807) is 12.1 Å². The van der Waals surface area contributed by atoms with Gasteiger partial charge in [0.25, 0.3) is 5.91 Å². The van der Waals surface area contributed by atoms with Gasteiger partial charge in [-0.15, -0.1) is 0 Å². The molecule has 2 fully saturated rings. The van der Waals surface area contributed by atoms with Crippen LogP contribution in [-0.4, -0.2) is 41.9 Å². The standard InChI is InChI=1S/C31H29N3O6/c1-39-27-20(8-7-19-17-34(29(37)26(19)27)24-13-14-25(35)33-28(24)36)18-40-30(38)32-23-11-9-22(10-12-23)31(15-16-31)21-5-3-2-4-6-21/h2-12,24H,13-18H2,1H3,(H,32,38)(H,33,35,36). The molecule has 2 heterocycles. The first-order chi connectivity index (χ1) is 19.4. The molecular weight excluding hydrogens is 510 g/mol. The van der Waals surface area contributed by atoms with Crippen molar-refractivity contribution in [1.82, 2.24) is 10.2 Å². The molecule has 4 amide bonds. The maximum Gasteiger partial charge on any atom is 0.411 e. The molecule has 1 saturated heterocycles.